The van der Waals surface area contributed by atoms with Crippen LogP contribution in [0.1, 0.15) is 31.9 Å². The number of benzene rings is 2. The highest BCUT2D eigenvalue weighted by molar-refractivity contribution is 7.60. The molecule has 0 aromatic heterocycles. The van der Waals surface area contributed by atoms with Crippen molar-refractivity contribution in [2.45, 2.75) is 57.6 Å². The van der Waals surface area contributed by atoms with Gasteiger partial charge in [0, 0.05) is 27.9 Å². The van der Waals surface area contributed by atoms with Crippen molar-refractivity contribution in [3.63, 3.8) is 0 Å². The smallest absolute Gasteiger partial charge is 0.303 e. The molecule has 0 spiro atoms. The fourth-order valence-corrected chi connectivity index (χ4v) is 7.09. The fourth-order valence-electron chi connectivity index (χ4n) is 4.43. The van der Waals surface area contributed by atoms with Crippen LogP contribution in [0.25, 0.3) is 0 Å². The van der Waals surface area contributed by atoms with Crippen LogP contribution in [0.2, 0.25) is 0 Å². The Labute approximate surface area is 221 Å². The van der Waals surface area contributed by atoms with Gasteiger partial charge in [-0.15, -0.1) is 0 Å². The molecule has 1 heterocycles. The van der Waals surface area contributed by atoms with Crippen molar-refractivity contribution >= 4 is 25.3 Å². The summed E-state index contributed by atoms with van der Waals surface area (Å²) >= 11 is 0. The van der Waals surface area contributed by atoms with Gasteiger partial charge in [-0.25, -0.2) is 0 Å². The van der Waals surface area contributed by atoms with Gasteiger partial charge in [-0.2, -0.15) is 0 Å². The topological polar surface area (TPSA) is 124 Å². The van der Waals surface area contributed by atoms with Crippen LogP contribution in [0.15, 0.2) is 60.7 Å². The van der Waals surface area contributed by atoms with Gasteiger partial charge in [0.1, 0.15) is 24.9 Å². The standard InChI is InChI=1S/C27H33O10P/c1-19(28)35-18-27(37-21(3)30)26(34-16-23-13-9-6-10-14-23)25(33-15-22-11-7-5-8-12-22)24(36-20(2)29)17-38(27,31)32-4/h5-14,24-26H,15-18H2,1-4H3/t24-,25-,26+,27+,38?/m1/s1. The molecule has 1 saturated heterocycles. The number of rotatable bonds is 11. The quantitative estimate of drug-likeness (QED) is 0.232. The lowest BCUT2D eigenvalue weighted by atomic mass is 10.0. The second kappa shape index (κ2) is 13.2. The number of carbonyl (C=O) groups is 3. The van der Waals surface area contributed by atoms with Gasteiger partial charge in [-0.1, -0.05) is 60.7 Å². The Balaban J connectivity index is 2.13. The minimum absolute atomic E-state index is 0.00368. The lowest BCUT2D eigenvalue weighted by Gasteiger charge is -2.50. The summed E-state index contributed by atoms with van der Waals surface area (Å²) in [5.41, 5.74) is 1.58. The SMILES string of the molecule is COP1(=O)C[C@@H](OC(C)=O)[C@@H](OCc2ccccc2)[C@H](OCc2ccccc2)[C@@]1(COC(C)=O)OC(C)=O. The molecule has 11 heteroatoms. The third kappa shape index (κ3) is 7.08. The average Bonchev–Trinajstić information content (AvgIpc) is 2.88. The predicted molar refractivity (Wildman–Crippen MR) is 136 cm³/mol. The normalized spacial score (nSPS) is 26.8. The van der Waals surface area contributed by atoms with Gasteiger partial charge in [0.05, 0.1) is 19.4 Å². The van der Waals surface area contributed by atoms with Crippen LogP contribution < -0.4 is 0 Å². The largest absolute Gasteiger partial charge is 0.461 e. The molecule has 0 bridgehead atoms. The molecule has 0 aliphatic carbocycles. The molecule has 1 unspecified atom stereocenters. The molecule has 10 nitrogen and oxygen atoms in total. The Bertz CT molecular complexity index is 1140. The van der Waals surface area contributed by atoms with Crippen LogP contribution in [-0.2, 0) is 60.4 Å². The molecular weight excluding hydrogens is 515 g/mol. The first kappa shape index (κ1) is 29.5. The molecule has 38 heavy (non-hydrogen) atoms. The molecule has 1 aliphatic heterocycles. The van der Waals surface area contributed by atoms with Crippen LogP contribution in [0.5, 0.6) is 0 Å². The molecule has 0 N–H and O–H groups in total. The number of esters is 3. The van der Waals surface area contributed by atoms with E-state index in [-0.39, 0.29) is 19.4 Å². The summed E-state index contributed by atoms with van der Waals surface area (Å²) < 4.78 is 49.0. The van der Waals surface area contributed by atoms with E-state index < -0.39 is 55.5 Å². The van der Waals surface area contributed by atoms with Gasteiger partial charge in [-0.3, -0.25) is 18.9 Å². The molecule has 1 fully saturated rings. The number of hydrogen-bond donors (Lipinski definition) is 0. The lowest BCUT2D eigenvalue weighted by Crippen LogP contribution is -2.64. The van der Waals surface area contributed by atoms with Crippen molar-refractivity contribution in [3.05, 3.63) is 71.8 Å². The first-order valence-electron chi connectivity index (χ1n) is 12.1. The summed E-state index contributed by atoms with van der Waals surface area (Å²) in [6.07, 6.45) is -3.83. The molecule has 2 aromatic carbocycles. The number of ether oxygens (including phenoxy) is 5. The molecule has 1 aliphatic rings. The van der Waals surface area contributed by atoms with E-state index in [0.29, 0.717) is 0 Å². The fraction of sp³-hybridized carbons (Fsp3) is 0.444. The maximum absolute atomic E-state index is 14.4. The summed E-state index contributed by atoms with van der Waals surface area (Å²) in [6.45, 7) is 2.99. The molecule has 0 saturated carbocycles. The van der Waals surface area contributed by atoms with Gasteiger partial charge in [0.15, 0.2) is 0 Å². The highest BCUT2D eigenvalue weighted by atomic mass is 31.2. The van der Waals surface area contributed by atoms with Gasteiger partial charge in [-0.05, 0) is 11.1 Å². The summed E-state index contributed by atoms with van der Waals surface area (Å²) in [7, 11) is -2.88. The number of carbonyl (C=O) groups excluding carboxylic acids is 3. The highest BCUT2D eigenvalue weighted by Gasteiger charge is 2.68. The molecule has 2 aromatic rings. The van der Waals surface area contributed by atoms with Crippen molar-refractivity contribution in [2.75, 3.05) is 19.9 Å². The Kier molecular flexibility index (Phi) is 10.2. The minimum atomic E-state index is -4.07. The second-order valence-corrected chi connectivity index (χ2v) is 11.7. The Morgan fingerprint density at radius 2 is 1.39 bits per heavy atom. The van der Waals surface area contributed by atoms with E-state index in [4.69, 9.17) is 28.2 Å². The predicted octanol–water partition coefficient (Wildman–Crippen LogP) is 3.85. The zero-order valence-corrected chi connectivity index (χ0v) is 22.8. The first-order valence-corrected chi connectivity index (χ1v) is 13.9. The lowest BCUT2D eigenvalue weighted by molar-refractivity contribution is -0.217. The molecule has 5 atom stereocenters. The summed E-state index contributed by atoms with van der Waals surface area (Å²) in [5.74, 6) is -2.12. The first-order chi connectivity index (χ1) is 18.1. The van der Waals surface area contributed by atoms with E-state index in [9.17, 15) is 18.9 Å². The molecule has 0 radical (unpaired) electrons. The monoisotopic (exact) mass is 548 g/mol. The zero-order valence-electron chi connectivity index (χ0n) is 21.9. The van der Waals surface area contributed by atoms with E-state index in [1.54, 1.807) is 0 Å². The van der Waals surface area contributed by atoms with Gasteiger partial charge < -0.3 is 28.2 Å². The maximum atomic E-state index is 14.4. The molecule has 3 rings (SSSR count). The molecule has 206 valence electrons. The van der Waals surface area contributed by atoms with E-state index in [2.05, 4.69) is 0 Å². The Hall–Kier alpha value is -3.04. The minimum Gasteiger partial charge on any atom is -0.461 e. The van der Waals surface area contributed by atoms with Crippen LogP contribution in [0.4, 0.5) is 0 Å². The number of hydrogen-bond acceptors (Lipinski definition) is 10. The summed E-state index contributed by atoms with van der Waals surface area (Å²) in [6, 6.07) is 18.4. The van der Waals surface area contributed by atoms with Gasteiger partial charge >= 0.3 is 17.9 Å². The van der Waals surface area contributed by atoms with E-state index in [0.717, 1.165) is 18.1 Å². The van der Waals surface area contributed by atoms with Crippen molar-refractivity contribution < 1.29 is 47.2 Å². The summed E-state index contributed by atoms with van der Waals surface area (Å²) in [4.78, 5) is 36.3. The van der Waals surface area contributed by atoms with Crippen molar-refractivity contribution in [1.29, 1.82) is 0 Å². The van der Waals surface area contributed by atoms with Crippen molar-refractivity contribution in [1.82, 2.24) is 0 Å². The van der Waals surface area contributed by atoms with Crippen LogP contribution in [-0.4, -0.2) is 61.4 Å². The van der Waals surface area contributed by atoms with Crippen LogP contribution in [0, 0.1) is 0 Å². The second-order valence-electron chi connectivity index (χ2n) is 8.88. The zero-order chi connectivity index (χ0) is 27.8. The molecule has 0 amide bonds. The van der Waals surface area contributed by atoms with Crippen molar-refractivity contribution in [2.24, 2.45) is 0 Å². The third-order valence-electron chi connectivity index (χ3n) is 6.08. The average molecular weight is 549 g/mol. The summed E-state index contributed by atoms with van der Waals surface area (Å²) in [5, 5.41) is -2.08. The van der Waals surface area contributed by atoms with E-state index >= 15 is 0 Å². The molecular formula is C27H33O10P. The van der Waals surface area contributed by atoms with E-state index in [1.807, 2.05) is 60.7 Å². The van der Waals surface area contributed by atoms with Crippen LogP contribution in [0.3, 0.4) is 0 Å². The van der Waals surface area contributed by atoms with Crippen molar-refractivity contribution in [3.8, 4) is 0 Å². The Morgan fingerprint density at radius 3 is 1.87 bits per heavy atom. The Morgan fingerprint density at radius 1 is 0.842 bits per heavy atom. The van der Waals surface area contributed by atoms with Crippen LogP contribution >= 0.6 is 7.37 Å². The third-order valence-corrected chi connectivity index (χ3v) is 9.14. The van der Waals surface area contributed by atoms with E-state index in [1.165, 1.54) is 21.0 Å². The highest BCUT2D eigenvalue weighted by Crippen LogP contribution is 2.65. The van der Waals surface area contributed by atoms with Gasteiger partial charge in [0.25, 0.3) is 7.37 Å². The maximum Gasteiger partial charge on any atom is 0.303 e. The van der Waals surface area contributed by atoms with Gasteiger partial charge in [0.2, 0.25) is 5.34 Å².